The van der Waals surface area contributed by atoms with Crippen LogP contribution in [0.25, 0.3) is 0 Å². The number of fused-ring (bicyclic) bond motifs is 1. The van der Waals surface area contributed by atoms with Gasteiger partial charge < -0.3 is 24.3 Å². The summed E-state index contributed by atoms with van der Waals surface area (Å²) in [5, 5.41) is 0. The number of nitrogens with zero attached hydrogens (tertiary/aromatic N) is 3. The highest BCUT2D eigenvalue weighted by molar-refractivity contribution is 7.53. The Morgan fingerprint density at radius 2 is 1.72 bits per heavy atom. The lowest BCUT2D eigenvalue weighted by atomic mass is 10.1. The van der Waals surface area contributed by atoms with Crippen LogP contribution in [-0.4, -0.2) is 49.4 Å². The summed E-state index contributed by atoms with van der Waals surface area (Å²) in [5.41, 5.74) is 8.34. The van der Waals surface area contributed by atoms with Crippen molar-refractivity contribution in [3.8, 4) is 6.01 Å². The molecule has 3 rings (SSSR count). The molecule has 0 aliphatic carbocycles. The number of aromatic nitrogens is 2. The maximum Gasteiger partial charge on any atom is 0.335 e. The van der Waals surface area contributed by atoms with E-state index in [4.69, 9.17) is 24.3 Å². The Kier molecular flexibility index (Phi) is 8.20. The number of methoxy groups -OCH3 is 1. The third kappa shape index (κ3) is 5.83. The first kappa shape index (κ1) is 24.1. The van der Waals surface area contributed by atoms with Gasteiger partial charge in [-0.15, -0.1) is 0 Å². The van der Waals surface area contributed by atoms with Gasteiger partial charge in [-0.2, -0.15) is 9.97 Å². The minimum absolute atomic E-state index is 0.107. The Morgan fingerprint density at radius 3 is 2.34 bits per heavy atom. The number of benzene rings is 1. The molecule has 2 aromatic rings. The van der Waals surface area contributed by atoms with Crippen molar-refractivity contribution in [1.82, 2.24) is 9.97 Å². The highest BCUT2D eigenvalue weighted by Crippen LogP contribution is 2.51. The Hall–Kier alpha value is -2.52. The molecule has 1 aromatic carbocycles. The highest BCUT2D eigenvalue weighted by atomic mass is 31.2. The minimum atomic E-state index is -3.18. The summed E-state index contributed by atoms with van der Waals surface area (Å²) in [7, 11) is -1.61. The lowest BCUT2D eigenvalue weighted by Crippen LogP contribution is -2.26. The molecule has 0 fully saturated rings. The van der Waals surface area contributed by atoms with E-state index in [0.29, 0.717) is 37.7 Å². The van der Waals surface area contributed by atoms with Crippen LogP contribution < -0.4 is 15.4 Å². The Balaban J connectivity index is 1.74. The van der Waals surface area contributed by atoms with Crippen molar-refractivity contribution in [2.45, 2.75) is 33.0 Å². The fourth-order valence-electron chi connectivity index (χ4n) is 3.35. The molecular weight excluding hydrogens is 435 g/mol. The molecule has 10 nitrogen and oxygen atoms in total. The topological polar surface area (TPSA) is 126 Å². The van der Waals surface area contributed by atoms with Crippen molar-refractivity contribution >= 4 is 25.1 Å². The van der Waals surface area contributed by atoms with Gasteiger partial charge in [0.15, 0.2) is 0 Å². The number of hydrogen-bond acceptors (Lipinski definition) is 9. The number of nitrogens with two attached hydrogens (primary N) is 1. The molecule has 0 saturated heterocycles. The van der Waals surface area contributed by atoms with Crippen molar-refractivity contribution in [2.75, 3.05) is 44.2 Å². The summed E-state index contributed by atoms with van der Waals surface area (Å²) >= 11 is 0. The van der Waals surface area contributed by atoms with Gasteiger partial charge in [0.2, 0.25) is 5.91 Å². The number of ether oxygens (including phenoxy) is 2. The first-order valence-electron chi connectivity index (χ1n) is 10.4. The second-order valence-corrected chi connectivity index (χ2v) is 9.17. The summed E-state index contributed by atoms with van der Waals surface area (Å²) in [6, 6.07) is 7.58. The zero-order valence-corrected chi connectivity index (χ0v) is 19.5. The van der Waals surface area contributed by atoms with E-state index in [-0.39, 0.29) is 36.9 Å². The average Bonchev–Trinajstić information content (AvgIpc) is 3.06. The third-order valence-electron chi connectivity index (χ3n) is 4.79. The number of carbonyl (C=O) groups is 1. The SMILES string of the molecule is CCOP(=O)(Cc1ccc(CN2C(=O)Cc3c(N)nc(OCCOC)nc32)cc1)OCC. The van der Waals surface area contributed by atoms with Crippen molar-refractivity contribution < 1.29 is 27.9 Å². The molecule has 0 bridgehead atoms. The van der Waals surface area contributed by atoms with E-state index in [0.717, 1.165) is 11.1 Å². The summed E-state index contributed by atoms with van der Waals surface area (Å²) in [5.74, 6) is 0.573. The normalized spacial score (nSPS) is 13.5. The Morgan fingerprint density at radius 1 is 1.06 bits per heavy atom. The van der Waals surface area contributed by atoms with E-state index >= 15 is 0 Å². The largest absolute Gasteiger partial charge is 0.461 e. The lowest BCUT2D eigenvalue weighted by molar-refractivity contribution is -0.117. The summed E-state index contributed by atoms with van der Waals surface area (Å²) in [6.45, 7) is 5.16. The number of rotatable bonds is 12. The zero-order valence-electron chi connectivity index (χ0n) is 18.6. The number of nitrogen functional groups attached to an aromatic ring is 1. The van der Waals surface area contributed by atoms with E-state index in [1.54, 1.807) is 25.9 Å². The van der Waals surface area contributed by atoms with E-state index in [1.807, 2.05) is 24.3 Å². The molecule has 0 atom stereocenters. The van der Waals surface area contributed by atoms with Gasteiger partial charge in [-0.1, -0.05) is 24.3 Å². The molecule has 174 valence electrons. The van der Waals surface area contributed by atoms with Gasteiger partial charge in [0.1, 0.15) is 18.2 Å². The zero-order chi connectivity index (χ0) is 23.1. The average molecular weight is 464 g/mol. The van der Waals surface area contributed by atoms with Gasteiger partial charge in [-0.3, -0.25) is 14.3 Å². The Bertz CT molecular complexity index is 975. The van der Waals surface area contributed by atoms with Crippen LogP contribution in [-0.2, 0) is 42.3 Å². The second-order valence-electron chi connectivity index (χ2n) is 7.11. The third-order valence-corrected chi connectivity index (χ3v) is 6.85. The number of anilines is 2. The van der Waals surface area contributed by atoms with E-state index in [9.17, 15) is 9.36 Å². The van der Waals surface area contributed by atoms with Crippen molar-refractivity contribution in [2.24, 2.45) is 0 Å². The molecule has 1 aliphatic rings. The predicted molar refractivity (Wildman–Crippen MR) is 120 cm³/mol. The van der Waals surface area contributed by atoms with Crippen LogP contribution in [0.2, 0.25) is 0 Å². The summed E-state index contributed by atoms with van der Waals surface area (Å²) in [6.07, 6.45) is 0.329. The standard InChI is InChI=1S/C21H29N4O6P/c1-4-30-32(27,31-5-2)14-16-8-6-15(7-9-16)13-25-18(26)12-17-19(22)23-21(24-20(17)25)29-11-10-28-3/h6-9H,4-5,10-14H2,1-3H3,(H2,22,23,24). The highest BCUT2D eigenvalue weighted by Gasteiger charge is 2.32. The van der Waals surface area contributed by atoms with Crippen molar-refractivity contribution in [3.05, 3.63) is 41.0 Å². The summed E-state index contributed by atoms with van der Waals surface area (Å²) < 4.78 is 33.9. The van der Waals surface area contributed by atoms with Gasteiger partial charge in [0, 0.05) is 12.7 Å². The van der Waals surface area contributed by atoms with Crippen LogP contribution in [0, 0.1) is 0 Å². The number of carbonyl (C=O) groups excluding carboxylic acids is 1. The lowest BCUT2D eigenvalue weighted by Gasteiger charge is -2.19. The van der Waals surface area contributed by atoms with Crippen LogP contribution in [0.1, 0.15) is 30.5 Å². The molecule has 2 heterocycles. The van der Waals surface area contributed by atoms with Crippen LogP contribution in [0.3, 0.4) is 0 Å². The van der Waals surface area contributed by atoms with Crippen molar-refractivity contribution in [3.63, 3.8) is 0 Å². The molecule has 1 aliphatic heterocycles. The Labute approximate surface area is 187 Å². The fourth-order valence-corrected chi connectivity index (χ4v) is 5.05. The molecule has 0 radical (unpaired) electrons. The molecule has 32 heavy (non-hydrogen) atoms. The quantitative estimate of drug-likeness (QED) is 0.373. The first-order valence-corrected chi connectivity index (χ1v) is 12.2. The predicted octanol–water partition coefficient (Wildman–Crippen LogP) is 2.94. The second kappa shape index (κ2) is 10.9. The van der Waals surface area contributed by atoms with Crippen LogP contribution in [0.15, 0.2) is 24.3 Å². The number of amides is 1. The van der Waals surface area contributed by atoms with E-state index in [2.05, 4.69) is 9.97 Å². The fraction of sp³-hybridized carbons (Fsp3) is 0.476. The monoisotopic (exact) mass is 464 g/mol. The molecule has 0 unspecified atom stereocenters. The van der Waals surface area contributed by atoms with Gasteiger partial charge >= 0.3 is 13.6 Å². The maximum absolute atomic E-state index is 12.7. The number of hydrogen-bond donors (Lipinski definition) is 1. The maximum atomic E-state index is 12.7. The van der Waals surface area contributed by atoms with Gasteiger partial charge in [-0.25, -0.2) is 0 Å². The van der Waals surface area contributed by atoms with Gasteiger partial charge in [0.05, 0.1) is 38.9 Å². The van der Waals surface area contributed by atoms with E-state index in [1.165, 1.54) is 0 Å². The van der Waals surface area contributed by atoms with Crippen LogP contribution >= 0.6 is 7.60 Å². The molecule has 0 saturated carbocycles. The summed E-state index contributed by atoms with van der Waals surface area (Å²) in [4.78, 5) is 22.7. The molecule has 11 heteroatoms. The van der Waals surface area contributed by atoms with E-state index < -0.39 is 7.60 Å². The van der Waals surface area contributed by atoms with Crippen molar-refractivity contribution in [1.29, 1.82) is 0 Å². The molecular formula is C21H29N4O6P. The first-order chi connectivity index (χ1) is 15.4. The minimum Gasteiger partial charge on any atom is -0.461 e. The van der Waals surface area contributed by atoms with Gasteiger partial charge in [-0.05, 0) is 25.0 Å². The molecule has 1 aromatic heterocycles. The van der Waals surface area contributed by atoms with Crippen LogP contribution in [0.5, 0.6) is 6.01 Å². The smallest absolute Gasteiger partial charge is 0.335 e. The van der Waals surface area contributed by atoms with Gasteiger partial charge in [0.25, 0.3) is 0 Å². The molecule has 2 N–H and O–H groups in total. The van der Waals surface area contributed by atoms with Crippen LogP contribution in [0.4, 0.5) is 11.6 Å². The molecule has 0 spiro atoms. The molecule has 1 amide bonds.